The summed E-state index contributed by atoms with van der Waals surface area (Å²) in [4.78, 5) is 0. The lowest BCUT2D eigenvalue weighted by molar-refractivity contribution is -0.0638. The topological polar surface area (TPSA) is 0 Å². The minimum atomic E-state index is -3.80. The van der Waals surface area contributed by atoms with Crippen LogP contribution in [0.3, 0.4) is 0 Å². The molecule has 80 valence electrons. The first kappa shape index (κ1) is 10.7. The molecule has 0 radical (unpaired) electrons. The average Bonchev–Trinajstić information content (AvgIpc) is 2.10. The van der Waals surface area contributed by atoms with Crippen molar-refractivity contribution in [3.63, 3.8) is 0 Å². The molecule has 1 aliphatic carbocycles. The Kier molecular flexibility index (Phi) is 2.37. The largest absolute Gasteiger partial charge is 0.310 e. The number of alkyl halides is 3. The first-order valence-corrected chi connectivity index (χ1v) is 4.92. The van der Waals surface area contributed by atoms with Crippen molar-refractivity contribution in [2.75, 3.05) is 0 Å². The lowest BCUT2D eigenvalue weighted by atomic mass is 9.92. The molecule has 1 atom stereocenters. The molecule has 1 unspecified atom stereocenters. The fourth-order valence-corrected chi connectivity index (χ4v) is 1.97. The van der Waals surface area contributed by atoms with E-state index in [-0.39, 0.29) is 5.56 Å². The Hall–Kier alpha value is -0.840. The van der Waals surface area contributed by atoms with Crippen LogP contribution in [0.1, 0.15) is 11.1 Å². The van der Waals surface area contributed by atoms with E-state index in [9.17, 15) is 17.6 Å². The Bertz CT molecular complexity index is 439. The highest BCUT2D eigenvalue weighted by molar-refractivity contribution is 9.10. The van der Waals surface area contributed by atoms with Crippen LogP contribution in [0.5, 0.6) is 0 Å². The van der Waals surface area contributed by atoms with Crippen molar-refractivity contribution >= 4 is 22.0 Å². The molecule has 0 aromatic heterocycles. The quantitative estimate of drug-likeness (QED) is 0.629. The number of allylic oxidation sites excluding steroid dienone is 1. The molecule has 0 fully saturated rings. The molecule has 0 N–H and O–H groups in total. The second-order valence-electron chi connectivity index (χ2n) is 3.24. The maximum Gasteiger partial charge on any atom is 0.310 e. The summed E-state index contributed by atoms with van der Waals surface area (Å²) in [5.41, 5.74) is -0.874. The van der Waals surface area contributed by atoms with Crippen LogP contribution in [0.25, 0.3) is 6.08 Å². The zero-order chi connectivity index (χ0) is 11.2. The van der Waals surface area contributed by atoms with Crippen LogP contribution in [0.4, 0.5) is 17.6 Å². The van der Waals surface area contributed by atoms with Crippen molar-refractivity contribution in [1.82, 2.24) is 0 Å². The van der Waals surface area contributed by atoms with Crippen LogP contribution < -0.4 is 0 Å². The summed E-state index contributed by atoms with van der Waals surface area (Å²) in [7, 11) is 0. The van der Waals surface area contributed by atoms with Gasteiger partial charge >= 0.3 is 5.92 Å². The number of hydrogen-bond donors (Lipinski definition) is 0. The Morgan fingerprint density at radius 3 is 2.60 bits per heavy atom. The summed E-state index contributed by atoms with van der Waals surface area (Å²) in [5, 5.41) is 0. The van der Waals surface area contributed by atoms with Crippen LogP contribution in [0, 0.1) is 5.82 Å². The molecule has 0 heterocycles. The number of hydrogen-bond acceptors (Lipinski definition) is 0. The Balaban J connectivity index is 2.71. The van der Waals surface area contributed by atoms with Gasteiger partial charge in [-0.15, -0.1) is 0 Å². The van der Waals surface area contributed by atoms with Crippen molar-refractivity contribution in [3.8, 4) is 0 Å². The summed E-state index contributed by atoms with van der Waals surface area (Å²) >= 11 is 2.98. The third-order valence-corrected chi connectivity index (χ3v) is 2.67. The molecule has 0 aliphatic heterocycles. The van der Waals surface area contributed by atoms with Gasteiger partial charge in [-0.2, -0.15) is 8.78 Å². The molecular formula is C10H5BrF4. The zero-order valence-corrected chi connectivity index (χ0v) is 8.86. The van der Waals surface area contributed by atoms with E-state index in [4.69, 9.17) is 0 Å². The van der Waals surface area contributed by atoms with Crippen molar-refractivity contribution < 1.29 is 17.6 Å². The normalized spacial score (nSPS) is 22.6. The van der Waals surface area contributed by atoms with Gasteiger partial charge in [0.25, 0.3) is 0 Å². The van der Waals surface area contributed by atoms with E-state index in [1.54, 1.807) is 0 Å². The third-order valence-electron chi connectivity index (χ3n) is 2.21. The molecule has 0 spiro atoms. The highest BCUT2D eigenvalue weighted by atomic mass is 79.9. The van der Waals surface area contributed by atoms with Crippen molar-refractivity contribution in [1.29, 1.82) is 0 Å². The molecule has 0 bridgehead atoms. The first-order chi connectivity index (χ1) is 6.93. The average molecular weight is 281 g/mol. The van der Waals surface area contributed by atoms with Gasteiger partial charge in [-0.1, -0.05) is 22.0 Å². The summed E-state index contributed by atoms with van der Waals surface area (Å²) in [6, 6.07) is 2.23. The van der Waals surface area contributed by atoms with Crippen LogP contribution in [-0.2, 0) is 5.92 Å². The number of benzene rings is 1. The van der Waals surface area contributed by atoms with E-state index >= 15 is 0 Å². The summed E-state index contributed by atoms with van der Waals surface area (Å²) < 4.78 is 53.1. The predicted molar refractivity (Wildman–Crippen MR) is 51.9 cm³/mol. The number of halogens is 5. The SMILES string of the molecule is Fc1cc(Br)cc2c1C(F)(F)C(F)C=C2. The molecular weight excluding hydrogens is 276 g/mol. The fourth-order valence-electron chi connectivity index (χ4n) is 1.52. The lowest BCUT2D eigenvalue weighted by Gasteiger charge is -2.25. The van der Waals surface area contributed by atoms with Crippen molar-refractivity contribution in [2.45, 2.75) is 12.1 Å². The minimum absolute atomic E-state index is 0.000718. The molecule has 0 saturated heterocycles. The van der Waals surface area contributed by atoms with Gasteiger partial charge in [0.1, 0.15) is 5.82 Å². The molecule has 1 aromatic rings. The molecule has 1 aliphatic rings. The lowest BCUT2D eigenvalue weighted by Crippen LogP contribution is -2.30. The van der Waals surface area contributed by atoms with Gasteiger partial charge in [0.2, 0.25) is 0 Å². The van der Waals surface area contributed by atoms with Crippen LogP contribution >= 0.6 is 15.9 Å². The predicted octanol–water partition coefficient (Wildman–Crippen LogP) is 4.04. The third kappa shape index (κ3) is 1.58. The second kappa shape index (κ2) is 3.33. The summed E-state index contributed by atoms with van der Waals surface area (Å²) in [6.45, 7) is 0. The van der Waals surface area contributed by atoms with E-state index < -0.39 is 23.5 Å². The van der Waals surface area contributed by atoms with Crippen LogP contribution in [0.15, 0.2) is 22.7 Å². The van der Waals surface area contributed by atoms with E-state index in [2.05, 4.69) is 15.9 Å². The van der Waals surface area contributed by atoms with E-state index in [0.29, 0.717) is 4.47 Å². The van der Waals surface area contributed by atoms with Gasteiger partial charge in [0, 0.05) is 4.47 Å². The van der Waals surface area contributed by atoms with E-state index in [0.717, 1.165) is 18.2 Å². The van der Waals surface area contributed by atoms with E-state index in [1.165, 1.54) is 6.07 Å². The molecule has 15 heavy (non-hydrogen) atoms. The van der Waals surface area contributed by atoms with Gasteiger partial charge in [-0.25, -0.2) is 8.78 Å². The highest BCUT2D eigenvalue weighted by Crippen LogP contribution is 2.42. The molecule has 0 saturated carbocycles. The fraction of sp³-hybridized carbons (Fsp3) is 0.200. The van der Waals surface area contributed by atoms with Gasteiger partial charge < -0.3 is 0 Å². The standard InChI is InChI=1S/C10H5BrF4/c11-6-3-5-1-2-8(13)10(14,15)9(5)7(12)4-6/h1-4,8H. The number of rotatable bonds is 0. The Morgan fingerprint density at radius 1 is 1.27 bits per heavy atom. The van der Waals surface area contributed by atoms with E-state index in [1.807, 2.05) is 0 Å². The van der Waals surface area contributed by atoms with Crippen molar-refractivity contribution in [3.05, 3.63) is 39.6 Å². The smallest absolute Gasteiger partial charge is 0.236 e. The molecule has 0 nitrogen and oxygen atoms in total. The van der Waals surface area contributed by atoms with Gasteiger partial charge in [0.05, 0.1) is 5.56 Å². The van der Waals surface area contributed by atoms with Crippen LogP contribution in [0.2, 0.25) is 0 Å². The maximum atomic E-state index is 13.3. The number of fused-ring (bicyclic) bond motifs is 1. The van der Waals surface area contributed by atoms with Gasteiger partial charge in [0.15, 0.2) is 6.17 Å². The second-order valence-corrected chi connectivity index (χ2v) is 4.15. The van der Waals surface area contributed by atoms with Gasteiger partial charge in [-0.3, -0.25) is 0 Å². The maximum absolute atomic E-state index is 13.3. The van der Waals surface area contributed by atoms with Crippen molar-refractivity contribution in [2.24, 2.45) is 0 Å². The molecule has 0 amide bonds. The molecule has 5 heteroatoms. The summed E-state index contributed by atoms with van der Waals surface area (Å²) in [6.07, 6.45) is -0.583. The Morgan fingerprint density at radius 2 is 1.93 bits per heavy atom. The first-order valence-electron chi connectivity index (χ1n) is 4.12. The molecule has 2 rings (SSSR count). The zero-order valence-electron chi connectivity index (χ0n) is 7.28. The van der Waals surface area contributed by atoms with Gasteiger partial charge in [-0.05, 0) is 23.8 Å². The van der Waals surface area contributed by atoms with Crippen LogP contribution in [-0.4, -0.2) is 6.17 Å². The Labute approximate surface area is 91.7 Å². The highest BCUT2D eigenvalue weighted by Gasteiger charge is 2.46. The monoisotopic (exact) mass is 280 g/mol. The molecule has 1 aromatic carbocycles. The summed E-state index contributed by atoms with van der Waals surface area (Å²) in [5.74, 6) is -4.90. The minimum Gasteiger partial charge on any atom is -0.236 e.